The first-order valence-corrected chi connectivity index (χ1v) is 14.1. The van der Waals surface area contributed by atoms with E-state index < -0.39 is 31.0 Å². The number of hydrogen-bond acceptors (Lipinski definition) is 8. The molecule has 0 aliphatic carbocycles. The molecule has 0 atom stereocenters. The van der Waals surface area contributed by atoms with Crippen molar-refractivity contribution in [2.75, 3.05) is 26.4 Å². The van der Waals surface area contributed by atoms with E-state index in [0.29, 0.717) is 16.7 Å². The molecule has 37 heavy (non-hydrogen) atoms. The summed E-state index contributed by atoms with van der Waals surface area (Å²) >= 11 is 0. The molecule has 0 radical (unpaired) electrons. The van der Waals surface area contributed by atoms with E-state index in [0.717, 1.165) is 5.56 Å². The molecule has 202 valence electrons. The fourth-order valence-electron chi connectivity index (χ4n) is 4.06. The van der Waals surface area contributed by atoms with Crippen molar-refractivity contribution in [2.24, 2.45) is 0 Å². The Labute approximate surface area is 218 Å². The maximum atomic E-state index is 13.3. The van der Waals surface area contributed by atoms with Crippen LogP contribution < -0.4 is 5.32 Å². The van der Waals surface area contributed by atoms with E-state index in [2.05, 4.69) is 5.32 Å². The SMILES string of the molecule is CCOC(=O)C(Cc1ccccc1-c1ccccc1CP(=O)(OCC)OCC)(NC(C)=O)C(=O)OCC. The first-order valence-electron chi connectivity index (χ1n) is 12.3. The molecule has 1 N–H and O–H groups in total. The van der Waals surface area contributed by atoms with Crippen molar-refractivity contribution in [3.63, 3.8) is 0 Å². The summed E-state index contributed by atoms with van der Waals surface area (Å²) in [4.78, 5) is 38.5. The van der Waals surface area contributed by atoms with Crippen LogP contribution in [0.3, 0.4) is 0 Å². The van der Waals surface area contributed by atoms with E-state index in [-0.39, 0.29) is 39.0 Å². The Kier molecular flexibility index (Phi) is 11.5. The number of benzene rings is 2. The molecule has 0 unspecified atom stereocenters. The van der Waals surface area contributed by atoms with E-state index >= 15 is 0 Å². The van der Waals surface area contributed by atoms with Gasteiger partial charge in [0.1, 0.15) is 0 Å². The molecular formula is C27H36NO8P. The Balaban J connectivity index is 2.66. The van der Waals surface area contributed by atoms with Crippen molar-refractivity contribution in [2.45, 2.75) is 52.7 Å². The molecule has 0 aliphatic heterocycles. The highest BCUT2D eigenvalue weighted by molar-refractivity contribution is 7.53. The Hall–Kier alpha value is -3.00. The number of esters is 2. The Morgan fingerprint density at radius 3 is 1.68 bits per heavy atom. The van der Waals surface area contributed by atoms with Crippen LogP contribution in [0.2, 0.25) is 0 Å². The zero-order chi connectivity index (χ0) is 27.5. The second kappa shape index (κ2) is 14.1. The van der Waals surface area contributed by atoms with Gasteiger partial charge in [-0.2, -0.15) is 0 Å². The van der Waals surface area contributed by atoms with Crippen molar-refractivity contribution in [3.8, 4) is 11.1 Å². The van der Waals surface area contributed by atoms with E-state index in [1.165, 1.54) is 6.92 Å². The number of rotatable bonds is 14. The van der Waals surface area contributed by atoms with Crippen molar-refractivity contribution in [1.29, 1.82) is 0 Å². The maximum Gasteiger partial charge on any atom is 0.344 e. The normalized spacial score (nSPS) is 11.6. The first kappa shape index (κ1) is 30.2. The quantitative estimate of drug-likeness (QED) is 0.212. The second-order valence-electron chi connectivity index (χ2n) is 8.12. The summed E-state index contributed by atoms with van der Waals surface area (Å²) in [6.07, 6.45) is -0.185. The third-order valence-electron chi connectivity index (χ3n) is 5.43. The molecule has 0 bridgehead atoms. The van der Waals surface area contributed by atoms with Gasteiger partial charge in [0.2, 0.25) is 11.4 Å². The first-order chi connectivity index (χ1) is 17.7. The van der Waals surface area contributed by atoms with Crippen LogP contribution >= 0.6 is 7.60 Å². The second-order valence-corrected chi connectivity index (χ2v) is 10.2. The number of nitrogens with one attached hydrogen (secondary N) is 1. The number of carbonyl (C=O) groups is 3. The van der Waals surface area contributed by atoms with E-state index in [1.807, 2.05) is 36.4 Å². The van der Waals surface area contributed by atoms with Crippen LogP contribution in [0, 0.1) is 0 Å². The Morgan fingerprint density at radius 1 is 0.757 bits per heavy atom. The number of ether oxygens (including phenoxy) is 2. The van der Waals surface area contributed by atoms with Gasteiger partial charge in [-0.3, -0.25) is 9.36 Å². The molecule has 2 aromatic rings. The summed E-state index contributed by atoms with van der Waals surface area (Å²) in [5, 5.41) is 2.50. The standard InChI is InChI=1S/C27H36NO8P/c1-6-33-25(30)27(28-20(5)29,26(31)34-7-2)18-21-14-10-12-16-23(21)24-17-13-11-15-22(24)19-37(32,35-8-3)36-9-4/h10-17H,6-9,18-19H2,1-5H3,(H,28,29). The summed E-state index contributed by atoms with van der Waals surface area (Å²) in [5.41, 5.74) is 0.600. The lowest BCUT2D eigenvalue weighted by Crippen LogP contribution is -2.62. The summed E-state index contributed by atoms with van der Waals surface area (Å²) in [6, 6.07) is 14.5. The fourth-order valence-corrected chi connectivity index (χ4v) is 5.79. The predicted molar refractivity (Wildman–Crippen MR) is 140 cm³/mol. The van der Waals surface area contributed by atoms with Gasteiger partial charge in [0.25, 0.3) is 0 Å². The van der Waals surface area contributed by atoms with Crippen LogP contribution in [-0.2, 0) is 50.1 Å². The van der Waals surface area contributed by atoms with E-state index in [9.17, 15) is 18.9 Å². The van der Waals surface area contributed by atoms with Gasteiger partial charge in [0.05, 0.1) is 32.6 Å². The molecule has 10 heteroatoms. The molecule has 0 aliphatic rings. The molecule has 9 nitrogen and oxygen atoms in total. The summed E-state index contributed by atoms with van der Waals surface area (Å²) < 4.78 is 34.7. The van der Waals surface area contributed by atoms with Crippen molar-refractivity contribution >= 4 is 25.4 Å². The minimum Gasteiger partial charge on any atom is -0.464 e. The van der Waals surface area contributed by atoms with Crippen LogP contribution in [0.1, 0.15) is 45.7 Å². The topological polar surface area (TPSA) is 117 Å². The summed E-state index contributed by atoms with van der Waals surface area (Å²) in [5.74, 6) is -2.42. The van der Waals surface area contributed by atoms with Gasteiger partial charge in [-0.05, 0) is 49.9 Å². The molecule has 0 spiro atoms. The Bertz CT molecular complexity index is 1100. The minimum absolute atomic E-state index is 0.00813. The third kappa shape index (κ3) is 7.74. The molecule has 0 saturated carbocycles. The van der Waals surface area contributed by atoms with Gasteiger partial charge in [0, 0.05) is 13.3 Å². The monoisotopic (exact) mass is 533 g/mol. The molecule has 1 amide bonds. The van der Waals surface area contributed by atoms with E-state index in [4.69, 9.17) is 18.5 Å². The molecular weight excluding hydrogens is 497 g/mol. The molecule has 2 rings (SSSR count). The molecule has 0 fully saturated rings. The van der Waals surface area contributed by atoms with Gasteiger partial charge >= 0.3 is 19.5 Å². The van der Waals surface area contributed by atoms with Crippen molar-refractivity contribution < 1.29 is 37.5 Å². The number of hydrogen-bond donors (Lipinski definition) is 1. The van der Waals surface area contributed by atoms with Gasteiger partial charge in [-0.25, -0.2) is 9.59 Å². The van der Waals surface area contributed by atoms with Gasteiger partial charge < -0.3 is 23.8 Å². The van der Waals surface area contributed by atoms with Gasteiger partial charge in [0.15, 0.2) is 0 Å². The number of amides is 1. The van der Waals surface area contributed by atoms with Crippen LogP contribution in [0.15, 0.2) is 48.5 Å². The third-order valence-corrected chi connectivity index (χ3v) is 7.46. The lowest BCUT2D eigenvalue weighted by Gasteiger charge is -2.30. The van der Waals surface area contributed by atoms with Crippen LogP contribution in [0.5, 0.6) is 0 Å². The van der Waals surface area contributed by atoms with Crippen LogP contribution in [0.25, 0.3) is 11.1 Å². The average Bonchev–Trinajstić information content (AvgIpc) is 2.84. The summed E-state index contributed by atoms with van der Waals surface area (Å²) in [7, 11) is -3.42. The van der Waals surface area contributed by atoms with E-state index in [1.54, 1.807) is 39.8 Å². The van der Waals surface area contributed by atoms with Crippen molar-refractivity contribution in [3.05, 3.63) is 59.7 Å². The molecule has 0 saturated heterocycles. The predicted octanol–water partition coefficient (Wildman–Crippen LogP) is 4.66. The zero-order valence-corrected chi connectivity index (χ0v) is 23.0. The molecule has 0 aromatic heterocycles. The smallest absolute Gasteiger partial charge is 0.344 e. The average molecular weight is 534 g/mol. The molecule has 0 heterocycles. The molecule has 2 aromatic carbocycles. The zero-order valence-electron chi connectivity index (χ0n) is 22.1. The minimum atomic E-state index is -3.42. The van der Waals surface area contributed by atoms with Crippen LogP contribution in [-0.4, -0.2) is 49.8 Å². The summed E-state index contributed by atoms with van der Waals surface area (Å²) in [6.45, 7) is 8.42. The largest absolute Gasteiger partial charge is 0.464 e. The lowest BCUT2D eigenvalue weighted by atomic mass is 9.85. The Morgan fingerprint density at radius 2 is 1.22 bits per heavy atom. The van der Waals surface area contributed by atoms with Gasteiger partial charge in [-0.1, -0.05) is 48.5 Å². The number of carbonyl (C=O) groups excluding carboxylic acids is 3. The van der Waals surface area contributed by atoms with Crippen molar-refractivity contribution in [1.82, 2.24) is 5.32 Å². The fraction of sp³-hybridized carbons (Fsp3) is 0.444. The highest BCUT2D eigenvalue weighted by atomic mass is 31.2. The lowest BCUT2D eigenvalue weighted by molar-refractivity contribution is -0.168. The van der Waals surface area contributed by atoms with Crippen LogP contribution in [0.4, 0.5) is 0 Å². The highest BCUT2D eigenvalue weighted by Gasteiger charge is 2.50. The highest BCUT2D eigenvalue weighted by Crippen LogP contribution is 2.52. The van der Waals surface area contributed by atoms with Gasteiger partial charge in [-0.15, -0.1) is 0 Å². The maximum absolute atomic E-state index is 13.3.